The maximum atomic E-state index is 12.8. The number of nitrogens with one attached hydrogen (secondary N) is 1. The number of nitrogens with zero attached hydrogens (tertiary/aromatic N) is 2. The summed E-state index contributed by atoms with van der Waals surface area (Å²) in [6, 6.07) is 9.89. The van der Waals surface area contributed by atoms with Crippen LogP contribution in [0.1, 0.15) is 12.5 Å². The minimum atomic E-state index is -3.89. The van der Waals surface area contributed by atoms with Crippen molar-refractivity contribution in [2.45, 2.75) is 18.7 Å². The molecule has 1 amide bonds. The summed E-state index contributed by atoms with van der Waals surface area (Å²) < 4.78 is 26.5. The second-order valence-corrected chi connectivity index (χ2v) is 7.39. The van der Waals surface area contributed by atoms with Crippen molar-refractivity contribution in [3.05, 3.63) is 58.1 Å². The normalized spacial score (nSPS) is 11.0. The molecule has 132 valence electrons. The van der Waals surface area contributed by atoms with Gasteiger partial charge in [-0.05, 0) is 25.1 Å². The second-order valence-electron chi connectivity index (χ2n) is 5.43. The smallest absolute Gasteiger partial charge is 0.271 e. The van der Waals surface area contributed by atoms with E-state index in [1.54, 1.807) is 12.1 Å². The van der Waals surface area contributed by atoms with Gasteiger partial charge in [0.1, 0.15) is 0 Å². The third-order valence-corrected chi connectivity index (χ3v) is 5.31. The van der Waals surface area contributed by atoms with Crippen molar-refractivity contribution < 1.29 is 18.1 Å². The van der Waals surface area contributed by atoms with Gasteiger partial charge >= 0.3 is 0 Å². The molecule has 0 unspecified atom stereocenters. The van der Waals surface area contributed by atoms with Crippen molar-refractivity contribution in [1.29, 1.82) is 0 Å². The van der Waals surface area contributed by atoms with E-state index in [1.165, 1.54) is 38.2 Å². The van der Waals surface area contributed by atoms with Crippen LogP contribution < -0.4 is 9.62 Å². The number of carbonyl (C=O) groups is 1. The molecule has 0 aromatic heterocycles. The Morgan fingerprint density at radius 1 is 1.16 bits per heavy atom. The topological polar surface area (TPSA) is 110 Å². The number of amides is 1. The number of benzene rings is 2. The van der Waals surface area contributed by atoms with Gasteiger partial charge in [0.05, 0.1) is 21.2 Å². The zero-order valence-electron chi connectivity index (χ0n) is 13.9. The predicted octanol–water partition coefficient (Wildman–Crippen LogP) is 2.69. The molecule has 0 aliphatic rings. The minimum absolute atomic E-state index is 0.0416. The number of non-ortho nitro benzene ring substituents is 1. The summed E-state index contributed by atoms with van der Waals surface area (Å²) in [6.07, 6.45) is 0. The van der Waals surface area contributed by atoms with E-state index >= 15 is 0 Å². The first-order valence-electron chi connectivity index (χ1n) is 7.24. The van der Waals surface area contributed by atoms with Gasteiger partial charge in [-0.1, -0.05) is 17.7 Å². The SMILES string of the molecule is CC(=O)Nc1cc([N+](=O)[O-])ccc1N(C)S(=O)(=O)c1ccc(C)cc1. The van der Waals surface area contributed by atoms with Crippen molar-refractivity contribution in [3.8, 4) is 0 Å². The molecule has 2 aromatic carbocycles. The Hall–Kier alpha value is -2.94. The highest BCUT2D eigenvalue weighted by Crippen LogP contribution is 2.32. The van der Waals surface area contributed by atoms with E-state index in [2.05, 4.69) is 5.32 Å². The van der Waals surface area contributed by atoms with Gasteiger partial charge in [-0.2, -0.15) is 0 Å². The average molecular weight is 363 g/mol. The highest BCUT2D eigenvalue weighted by atomic mass is 32.2. The van der Waals surface area contributed by atoms with Gasteiger partial charge in [0.2, 0.25) is 5.91 Å². The lowest BCUT2D eigenvalue weighted by Gasteiger charge is -2.22. The number of anilines is 2. The summed E-state index contributed by atoms with van der Waals surface area (Å²) >= 11 is 0. The molecule has 1 N–H and O–H groups in total. The minimum Gasteiger partial charge on any atom is -0.324 e. The fourth-order valence-corrected chi connectivity index (χ4v) is 3.41. The quantitative estimate of drug-likeness (QED) is 0.649. The molecule has 2 rings (SSSR count). The highest BCUT2D eigenvalue weighted by Gasteiger charge is 2.25. The number of carbonyl (C=O) groups excluding carboxylic acids is 1. The molecule has 2 aromatic rings. The summed E-state index contributed by atoms with van der Waals surface area (Å²) in [7, 11) is -2.57. The monoisotopic (exact) mass is 363 g/mol. The van der Waals surface area contributed by atoms with Crippen molar-refractivity contribution in [2.24, 2.45) is 0 Å². The number of nitro groups is 1. The van der Waals surface area contributed by atoms with Crippen molar-refractivity contribution in [2.75, 3.05) is 16.7 Å². The van der Waals surface area contributed by atoms with Gasteiger partial charge < -0.3 is 5.32 Å². The molecule has 0 spiro atoms. The van der Waals surface area contributed by atoms with Crippen LogP contribution in [0.3, 0.4) is 0 Å². The van der Waals surface area contributed by atoms with E-state index in [-0.39, 0.29) is 22.0 Å². The fourth-order valence-electron chi connectivity index (χ4n) is 2.20. The number of rotatable bonds is 5. The van der Waals surface area contributed by atoms with Crippen LogP contribution in [0, 0.1) is 17.0 Å². The first-order chi connectivity index (χ1) is 11.6. The van der Waals surface area contributed by atoms with E-state index in [0.717, 1.165) is 15.9 Å². The van der Waals surface area contributed by atoms with Gasteiger partial charge in [-0.3, -0.25) is 19.2 Å². The third kappa shape index (κ3) is 3.94. The van der Waals surface area contributed by atoms with E-state index in [1.807, 2.05) is 6.92 Å². The fraction of sp³-hybridized carbons (Fsp3) is 0.188. The largest absolute Gasteiger partial charge is 0.324 e. The van der Waals surface area contributed by atoms with E-state index < -0.39 is 20.9 Å². The highest BCUT2D eigenvalue weighted by molar-refractivity contribution is 7.92. The molecule has 0 saturated carbocycles. The molecule has 0 bridgehead atoms. The summed E-state index contributed by atoms with van der Waals surface area (Å²) in [5, 5.41) is 13.4. The molecule has 0 saturated heterocycles. The zero-order chi connectivity index (χ0) is 18.8. The van der Waals surface area contributed by atoms with E-state index in [9.17, 15) is 23.3 Å². The molecule has 9 heteroatoms. The van der Waals surface area contributed by atoms with Crippen LogP contribution in [0.25, 0.3) is 0 Å². The lowest BCUT2D eigenvalue weighted by atomic mass is 10.2. The molecule has 25 heavy (non-hydrogen) atoms. The van der Waals surface area contributed by atoms with Crippen LogP contribution in [0.15, 0.2) is 47.4 Å². The van der Waals surface area contributed by atoms with Gasteiger partial charge in [0.15, 0.2) is 0 Å². The summed E-state index contributed by atoms with van der Waals surface area (Å²) in [6.45, 7) is 3.07. The Kier molecular flexibility index (Phi) is 5.07. The number of hydrogen-bond donors (Lipinski definition) is 1. The Morgan fingerprint density at radius 2 is 1.76 bits per heavy atom. The molecule has 0 fully saturated rings. The molecule has 8 nitrogen and oxygen atoms in total. The third-order valence-electron chi connectivity index (χ3n) is 3.52. The first-order valence-corrected chi connectivity index (χ1v) is 8.68. The van der Waals surface area contributed by atoms with Crippen LogP contribution in [0.4, 0.5) is 17.1 Å². The molecule has 0 atom stereocenters. The molecule has 0 radical (unpaired) electrons. The lowest BCUT2D eigenvalue weighted by molar-refractivity contribution is -0.384. The van der Waals surface area contributed by atoms with Gasteiger partial charge in [0, 0.05) is 26.1 Å². The molecule has 0 heterocycles. The summed E-state index contributed by atoms with van der Waals surface area (Å²) in [5.41, 5.74) is 0.825. The molecule has 0 aliphatic heterocycles. The average Bonchev–Trinajstić information content (AvgIpc) is 2.54. The van der Waals surface area contributed by atoms with Crippen LogP contribution in [0.2, 0.25) is 0 Å². The summed E-state index contributed by atoms with van der Waals surface area (Å²) in [4.78, 5) is 21.8. The van der Waals surface area contributed by atoms with E-state index in [4.69, 9.17) is 0 Å². The van der Waals surface area contributed by atoms with Gasteiger partial charge in [0.25, 0.3) is 15.7 Å². The predicted molar refractivity (Wildman–Crippen MR) is 94.2 cm³/mol. The Balaban J connectivity index is 2.53. The maximum absolute atomic E-state index is 12.8. The Bertz CT molecular complexity index is 923. The van der Waals surface area contributed by atoms with Crippen molar-refractivity contribution in [1.82, 2.24) is 0 Å². The molecule has 0 aliphatic carbocycles. The van der Waals surface area contributed by atoms with Gasteiger partial charge in [-0.25, -0.2) is 8.42 Å². The van der Waals surface area contributed by atoms with Crippen LogP contribution in [-0.4, -0.2) is 26.3 Å². The molecular weight excluding hydrogens is 346 g/mol. The standard InChI is InChI=1S/C16H17N3O5S/c1-11-4-7-14(8-5-11)25(23,24)18(3)16-9-6-13(19(21)22)10-15(16)17-12(2)20/h4-10H,1-3H3,(H,17,20). The Morgan fingerprint density at radius 3 is 2.28 bits per heavy atom. The second kappa shape index (κ2) is 6.89. The van der Waals surface area contributed by atoms with Crippen LogP contribution >= 0.6 is 0 Å². The number of hydrogen-bond acceptors (Lipinski definition) is 5. The first kappa shape index (κ1) is 18.4. The van der Waals surface area contributed by atoms with Gasteiger partial charge in [-0.15, -0.1) is 0 Å². The summed E-state index contributed by atoms with van der Waals surface area (Å²) in [5.74, 6) is -0.470. The van der Waals surface area contributed by atoms with Crippen LogP contribution in [-0.2, 0) is 14.8 Å². The number of nitro benzene ring substituents is 1. The Labute approximate surface area is 145 Å². The van der Waals surface area contributed by atoms with E-state index in [0.29, 0.717) is 0 Å². The lowest BCUT2D eigenvalue weighted by Crippen LogP contribution is -2.27. The number of aryl methyl sites for hydroxylation is 1. The number of sulfonamides is 1. The van der Waals surface area contributed by atoms with Crippen molar-refractivity contribution in [3.63, 3.8) is 0 Å². The maximum Gasteiger partial charge on any atom is 0.271 e. The van der Waals surface area contributed by atoms with Crippen molar-refractivity contribution >= 4 is 33.0 Å². The zero-order valence-corrected chi connectivity index (χ0v) is 14.7. The molecular formula is C16H17N3O5S. The van der Waals surface area contributed by atoms with Crippen LogP contribution in [0.5, 0.6) is 0 Å².